The molecule has 0 bridgehead atoms. The lowest BCUT2D eigenvalue weighted by atomic mass is 9.95. The zero-order valence-corrected chi connectivity index (χ0v) is 17.2. The van der Waals surface area contributed by atoms with Gasteiger partial charge in [0.2, 0.25) is 0 Å². The minimum Gasteiger partial charge on any atom is -0.315 e. The number of thioether (sulfide) groups is 1. The van der Waals surface area contributed by atoms with E-state index in [1.165, 1.54) is 50.5 Å². The minimum absolute atomic E-state index is 0.770. The number of hydrogen-bond acceptors (Lipinski definition) is 5. The Balaban J connectivity index is 1.12. The molecule has 4 rings (SSSR count). The number of aryl methyl sites for hydroxylation is 1. The third kappa shape index (κ3) is 4.55. The number of pyridine rings is 1. The van der Waals surface area contributed by atoms with Crippen LogP contribution in [0.25, 0.3) is 16.8 Å². The van der Waals surface area contributed by atoms with Crippen LogP contribution in [-0.2, 0) is 0 Å². The highest BCUT2D eigenvalue weighted by Crippen LogP contribution is 2.29. The molecule has 3 heterocycles. The zero-order valence-electron chi connectivity index (χ0n) is 16.3. The van der Waals surface area contributed by atoms with Gasteiger partial charge in [-0.25, -0.2) is 9.97 Å². The molecule has 146 valence electrons. The van der Waals surface area contributed by atoms with Crippen LogP contribution >= 0.6 is 11.8 Å². The molecular weight excluding hydrogens is 354 g/mol. The fraction of sp³-hybridized carbons (Fsp3) is 0.619. The molecule has 1 aliphatic rings. The first kappa shape index (κ1) is 19.0. The Kier molecular flexibility index (Phi) is 6.47. The molecule has 0 aromatic carbocycles. The molecule has 1 aliphatic carbocycles. The van der Waals surface area contributed by atoms with E-state index in [0.29, 0.717) is 0 Å². The molecular formula is C21H31N5S. The van der Waals surface area contributed by atoms with E-state index in [2.05, 4.69) is 39.1 Å². The highest BCUT2D eigenvalue weighted by molar-refractivity contribution is 7.99. The van der Waals surface area contributed by atoms with Gasteiger partial charge < -0.3 is 10.6 Å². The van der Waals surface area contributed by atoms with E-state index in [-0.39, 0.29) is 0 Å². The van der Waals surface area contributed by atoms with Gasteiger partial charge in [-0.2, -0.15) is 0 Å². The van der Waals surface area contributed by atoms with E-state index in [4.69, 9.17) is 4.98 Å². The van der Waals surface area contributed by atoms with Crippen LogP contribution in [0.3, 0.4) is 0 Å². The van der Waals surface area contributed by atoms with Crippen LogP contribution in [0.2, 0.25) is 0 Å². The second-order valence-electron chi connectivity index (χ2n) is 7.63. The molecule has 0 atom stereocenters. The van der Waals surface area contributed by atoms with Crippen molar-refractivity contribution in [3.63, 3.8) is 0 Å². The molecule has 0 unspecified atom stereocenters. The van der Waals surface area contributed by atoms with Crippen molar-refractivity contribution in [2.24, 2.45) is 0 Å². The van der Waals surface area contributed by atoms with Gasteiger partial charge in [-0.05, 0) is 57.0 Å². The summed E-state index contributed by atoms with van der Waals surface area (Å²) in [5.74, 6) is 1.11. The average Bonchev–Trinajstić information content (AvgIpc) is 3.23. The van der Waals surface area contributed by atoms with E-state index in [1.54, 1.807) is 0 Å². The molecule has 0 amide bonds. The maximum atomic E-state index is 4.80. The molecule has 0 aliphatic heterocycles. The standard InChI is InChI=1S/C21H31N5S/c1-16-20-21(25-19-11-7-10-18(24-16)26(19)20)27-15-6-5-12-22-13-14-23-17-8-3-2-4-9-17/h7,10-11,17,22-23H,2-6,8-9,12-15H2,1H3. The first-order valence-corrected chi connectivity index (χ1v) is 11.5. The summed E-state index contributed by atoms with van der Waals surface area (Å²) in [5, 5.41) is 8.39. The lowest BCUT2D eigenvalue weighted by Crippen LogP contribution is -2.36. The Morgan fingerprint density at radius 3 is 2.70 bits per heavy atom. The van der Waals surface area contributed by atoms with Crippen LogP contribution in [0.5, 0.6) is 0 Å². The quantitative estimate of drug-likeness (QED) is 0.408. The largest absolute Gasteiger partial charge is 0.315 e. The number of unbranched alkanes of at least 4 members (excludes halogenated alkanes) is 1. The summed E-state index contributed by atoms with van der Waals surface area (Å²) in [6.45, 7) is 5.37. The Morgan fingerprint density at radius 1 is 1.04 bits per heavy atom. The summed E-state index contributed by atoms with van der Waals surface area (Å²) in [4.78, 5) is 9.45. The monoisotopic (exact) mass is 385 g/mol. The van der Waals surface area contributed by atoms with Crippen molar-refractivity contribution >= 4 is 28.6 Å². The van der Waals surface area contributed by atoms with Crippen molar-refractivity contribution in [1.82, 2.24) is 25.0 Å². The molecule has 27 heavy (non-hydrogen) atoms. The van der Waals surface area contributed by atoms with Gasteiger partial charge in [0, 0.05) is 19.1 Å². The predicted molar refractivity (Wildman–Crippen MR) is 114 cm³/mol. The summed E-state index contributed by atoms with van der Waals surface area (Å²) >= 11 is 1.87. The lowest BCUT2D eigenvalue weighted by molar-refractivity contribution is 0.372. The molecule has 3 aromatic heterocycles. The third-order valence-electron chi connectivity index (χ3n) is 5.54. The highest BCUT2D eigenvalue weighted by atomic mass is 32.2. The fourth-order valence-corrected chi connectivity index (χ4v) is 5.18. The minimum atomic E-state index is 0.770. The average molecular weight is 386 g/mol. The number of rotatable bonds is 10. The lowest BCUT2D eigenvalue weighted by Gasteiger charge is -2.22. The van der Waals surface area contributed by atoms with Crippen LogP contribution in [0.4, 0.5) is 0 Å². The van der Waals surface area contributed by atoms with Gasteiger partial charge in [-0.1, -0.05) is 25.3 Å². The summed E-state index contributed by atoms with van der Waals surface area (Å²) in [5.41, 5.74) is 4.29. The molecule has 1 fully saturated rings. The van der Waals surface area contributed by atoms with Crippen LogP contribution in [0, 0.1) is 6.92 Å². The Hall–Kier alpha value is -1.37. The van der Waals surface area contributed by atoms with Crippen molar-refractivity contribution in [3.05, 3.63) is 23.9 Å². The molecule has 2 N–H and O–H groups in total. The van der Waals surface area contributed by atoms with Crippen molar-refractivity contribution in [2.75, 3.05) is 25.4 Å². The van der Waals surface area contributed by atoms with Gasteiger partial charge in [0.15, 0.2) is 0 Å². The highest BCUT2D eigenvalue weighted by Gasteiger charge is 2.15. The molecule has 5 nitrogen and oxygen atoms in total. The van der Waals surface area contributed by atoms with E-state index >= 15 is 0 Å². The van der Waals surface area contributed by atoms with Crippen molar-refractivity contribution in [2.45, 2.75) is 62.9 Å². The fourth-order valence-electron chi connectivity index (χ4n) is 4.10. The molecule has 0 saturated heterocycles. The maximum absolute atomic E-state index is 4.80. The second-order valence-corrected chi connectivity index (χ2v) is 8.72. The van der Waals surface area contributed by atoms with Crippen molar-refractivity contribution < 1.29 is 0 Å². The number of nitrogens with one attached hydrogen (secondary N) is 2. The number of aromatic nitrogens is 3. The zero-order chi connectivity index (χ0) is 18.5. The van der Waals surface area contributed by atoms with Crippen molar-refractivity contribution in [1.29, 1.82) is 0 Å². The van der Waals surface area contributed by atoms with E-state index < -0.39 is 0 Å². The van der Waals surface area contributed by atoms with Gasteiger partial charge in [0.1, 0.15) is 21.8 Å². The second kappa shape index (κ2) is 9.22. The summed E-state index contributed by atoms with van der Waals surface area (Å²) < 4.78 is 2.18. The Bertz CT molecular complexity index is 839. The molecule has 3 aromatic rings. The predicted octanol–water partition coefficient (Wildman–Crippen LogP) is 4.01. The Labute approximate surface area is 166 Å². The van der Waals surface area contributed by atoms with Crippen LogP contribution in [0.1, 0.15) is 50.6 Å². The van der Waals surface area contributed by atoms with E-state index in [1.807, 2.05) is 17.8 Å². The summed E-state index contributed by atoms with van der Waals surface area (Å²) in [6.07, 6.45) is 9.41. The van der Waals surface area contributed by atoms with Gasteiger partial charge in [-0.3, -0.25) is 4.40 Å². The van der Waals surface area contributed by atoms with Crippen LogP contribution in [-0.4, -0.2) is 45.8 Å². The smallest absolute Gasteiger partial charge is 0.140 e. The topological polar surface area (TPSA) is 54.2 Å². The van der Waals surface area contributed by atoms with Gasteiger partial charge >= 0.3 is 0 Å². The molecule has 0 spiro atoms. The summed E-state index contributed by atoms with van der Waals surface area (Å²) in [7, 11) is 0. The van der Waals surface area contributed by atoms with Gasteiger partial charge in [-0.15, -0.1) is 11.8 Å². The van der Waals surface area contributed by atoms with Crippen molar-refractivity contribution in [3.8, 4) is 0 Å². The van der Waals surface area contributed by atoms with Crippen LogP contribution in [0.15, 0.2) is 23.2 Å². The maximum Gasteiger partial charge on any atom is 0.140 e. The Morgan fingerprint density at radius 2 is 1.85 bits per heavy atom. The van der Waals surface area contributed by atoms with Crippen LogP contribution < -0.4 is 10.6 Å². The third-order valence-corrected chi connectivity index (χ3v) is 6.59. The first-order valence-electron chi connectivity index (χ1n) is 10.5. The number of imidazole rings is 2. The van der Waals surface area contributed by atoms with Gasteiger partial charge in [0.25, 0.3) is 0 Å². The first-order chi connectivity index (χ1) is 13.3. The molecule has 1 saturated carbocycles. The SMILES string of the molecule is Cc1nc2cccc3nc(SCCCCNCCNC4CCCCC4)c1n23. The normalized spacial score (nSPS) is 16.0. The summed E-state index contributed by atoms with van der Waals surface area (Å²) in [6, 6.07) is 6.92. The number of hydrogen-bond donors (Lipinski definition) is 2. The van der Waals surface area contributed by atoms with Gasteiger partial charge in [0.05, 0.1) is 5.69 Å². The molecule has 0 radical (unpaired) electrons. The number of nitrogens with zero attached hydrogens (tertiary/aromatic N) is 3. The molecule has 6 heteroatoms. The van der Waals surface area contributed by atoms with E-state index in [0.717, 1.165) is 53.4 Å². The van der Waals surface area contributed by atoms with E-state index in [9.17, 15) is 0 Å².